The van der Waals surface area contributed by atoms with Crippen LogP contribution in [0.5, 0.6) is 0 Å². The lowest BCUT2D eigenvalue weighted by atomic mass is 10.1. The maximum Gasteiger partial charge on any atom is 0.434 e. The van der Waals surface area contributed by atoms with E-state index in [9.17, 15) is 18.3 Å². The largest absolute Gasteiger partial charge is 0.434 e. The minimum absolute atomic E-state index is 0. The zero-order valence-electron chi connectivity index (χ0n) is 15.4. The highest BCUT2D eigenvalue weighted by atomic mass is 127. The molecule has 156 valence electrons. The van der Waals surface area contributed by atoms with Crippen LogP contribution in [0.25, 0.3) is 0 Å². The summed E-state index contributed by atoms with van der Waals surface area (Å²) < 4.78 is 37.7. The molecular formula is C18H24F3IN4OS. The van der Waals surface area contributed by atoms with Crippen molar-refractivity contribution in [1.82, 2.24) is 15.6 Å². The van der Waals surface area contributed by atoms with E-state index >= 15 is 0 Å². The van der Waals surface area contributed by atoms with Gasteiger partial charge in [0.25, 0.3) is 0 Å². The van der Waals surface area contributed by atoms with Crippen LogP contribution in [-0.4, -0.2) is 41.8 Å². The second-order valence-corrected chi connectivity index (χ2v) is 6.81. The first-order chi connectivity index (χ1) is 12.9. The fraction of sp³-hybridized carbons (Fsp3) is 0.444. The summed E-state index contributed by atoms with van der Waals surface area (Å²) in [5, 5.41) is 17.7. The van der Waals surface area contributed by atoms with Crippen LogP contribution in [0.15, 0.2) is 40.7 Å². The average molecular weight is 528 g/mol. The van der Waals surface area contributed by atoms with E-state index < -0.39 is 18.0 Å². The molecule has 0 aliphatic heterocycles. The molecule has 0 bridgehead atoms. The van der Waals surface area contributed by atoms with Gasteiger partial charge in [0.1, 0.15) is 0 Å². The number of alkyl halides is 3. The molecule has 0 aliphatic rings. The highest BCUT2D eigenvalue weighted by molar-refractivity contribution is 14.0. The first-order valence-corrected chi connectivity index (χ1v) is 9.52. The summed E-state index contributed by atoms with van der Waals surface area (Å²) in [6.07, 6.45) is -4.16. The molecule has 0 amide bonds. The van der Waals surface area contributed by atoms with Crippen LogP contribution < -0.4 is 10.6 Å². The number of aliphatic hydroxyl groups is 1. The van der Waals surface area contributed by atoms with E-state index in [2.05, 4.69) is 20.6 Å². The smallest absolute Gasteiger partial charge is 0.391 e. The Balaban J connectivity index is 0.00000392. The van der Waals surface area contributed by atoms with Gasteiger partial charge >= 0.3 is 6.18 Å². The molecule has 0 radical (unpaired) electrons. The van der Waals surface area contributed by atoms with Crippen LogP contribution in [0.1, 0.15) is 23.2 Å². The lowest BCUT2D eigenvalue weighted by Crippen LogP contribution is -2.39. The summed E-state index contributed by atoms with van der Waals surface area (Å²) >= 11 is 0.990. The molecule has 1 aromatic carbocycles. The van der Waals surface area contributed by atoms with Gasteiger partial charge in [0.15, 0.2) is 11.7 Å². The quantitative estimate of drug-likeness (QED) is 0.279. The third-order valence-electron chi connectivity index (χ3n) is 3.59. The first kappa shape index (κ1) is 24.6. The number of guanidine groups is 1. The summed E-state index contributed by atoms with van der Waals surface area (Å²) in [5.41, 5.74) is 0.175. The molecule has 0 spiro atoms. The minimum atomic E-state index is -4.41. The number of nitrogens with zero attached hydrogens (tertiary/aromatic N) is 2. The normalized spacial score (nSPS) is 13.0. The number of hydrogen-bond acceptors (Lipinski definition) is 4. The second-order valence-electron chi connectivity index (χ2n) is 5.86. The van der Waals surface area contributed by atoms with Gasteiger partial charge in [-0.3, -0.25) is 4.99 Å². The molecule has 0 saturated heterocycles. The van der Waals surface area contributed by atoms with E-state index in [4.69, 9.17) is 0 Å². The lowest BCUT2D eigenvalue weighted by Gasteiger charge is -2.13. The van der Waals surface area contributed by atoms with E-state index in [1.807, 2.05) is 37.3 Å². The van der Waals surface area contributed by atoms with Crippen molar-refractivity contribution < 1.29 is 18.3 Å². The molecule has 1 unspecified atom stereocenters. The number of nitrogens with one attached hydrogen (secondary N) is 2. The second kappa shape index (κ2) is 12.2. The van der Waals surface area contributed by atoms with E-state index in [1.54, 1.807) is 0 Å². The Hall–Kier alpha value is -1.40. The van der Waals surface area contributed by atoms with Crippen molar-refractivity contribution in [3.05, 3.63) is 52.0 Å². The molecule has 0 fully saturated rings. The Morgan fingerprint density at radius 3 is 2.57 bits per heavy atom. The Bertz CT molecular complexity index is 725. The summed E-state index contributed by atoms with van der Waals surface area (Å²) in [6.45, 7) is 3.16. The monoisotopic (exact) mass is 528 g/mol. The number of rotatable bonds is 8. The molecule has 5 nitrogen and oxygen atoms in total. The number of halogens is 4. The average Bonchev–Trinajstić information content (AvgIpc) is 3.10. The van der Waals surface area contributed by atoms with E-state index in [-0.39, 0.29) is 30.5 Å². The number of hydrogen-bond donors (Lipinski definition) is 3. The van der Waals surface area contributed by atoms with Gasteiger partial charge in [0, 0.05) is 31.3 Å². The van der Waals surface area contributed by atoms with Crippen LogP contribution in [0.4, 0.5) is 13.2 Å². The highest BCUT2D eigenvalue weighted by Gasteiger charge is 2.33. The standard InChI is InChI=1S/C18H23F3N4OS.HI/c1-2-22-17(24-11-14(26)10-13-6-4-3-5-7-13)23-9-8-16-25-15(12-27-16)18(19,20)21;/h3-7,12,14,26H,2,8-11H2,1H3,(H2,22,23,24);1H. The third kappa shape index (κ3) is 8.74. The van der Waals surface area contributed by atoms with Gasteiger partial charge in [-0.15, -0.1) is 35.3 Å². The lowest BCUT2D eigenvalue weighted by molar-refractivity contribution is -0.140. The number of benzene rings is 1. The van der Waals surface area contributed by atoms with Crippen LogP contribution in [0.3, 0.4) is 0 Å². The van der Waals surface area contributed by atoms with Gasteiger partial charge in [-0.05, 0) is 12.5 Å². The third-order valence-corrected chi connectivity index (χ3v) is 4.50. The van der Waals surface area contributed by atoms with Crippen molar-refractivity contribution in [1.29, 1.82) is 0 Å². The van der Waals surface area contributed by atoms with Crippen molar-refractivity contribution in [2.75, 3.05) is 19.6 Å². The molecule has 1 aromatic heterocycles. The van der Waals surface area contributed by atoms with Crippen molar-refractivity contribution >= 4 is 41.3 Å². The van der Waals surface area contributed by atoms with Gasteiger partial charge in [0.2, 0.25) is 0 Å². The number of aliphatic hydroxyl groups excluding tert-OH is 1. The van der Waals surface area contributed by atoms with Crippen LogP contribution >= 0.6 is 35.3 Å². The number of thiazole rings is 1. The highest BCUT2D eigenvalue weighted by Crippen LogP contribution is 2.29. The van der Waals surface area contributed by atoms with Crippen molar-refractivity contribution in [2.24, 2.45) is 4.99 Å². The summed E-state index contributed by atoms with van der Waals surface area (Å²) in [5.74, 6) is 0.511. The first-order valence-electron chi connectivity index (χ1n) is 8.64. The molecule has 1 heterocycles. The van der Waals surface area contributed by atoms with Gasteiger partial charge in [-0.1, -0.05) is 30.3 Å². The molecule has 0 saturated carbocycles. The van der Waals surface area contributed by atoms with Crippen molar-refractivity contribution in [3.8, 4) is 0 Å². The molecule has 3 N–H and O–H groups in total. The zero-order valence-corrected chi connectivity index (χ0v) is 18.5. The van der Waals surface area contributed by atoms with Crippen LogP contribution in [-0.2, 0) is 19.0 Å². The van der Waals surface area contributed by atoms with Crippen LogP contribution in [0.2, 0.25) is 0 Å². The van der Waals surface area contributed by atoms with Gasteiger partial charge in [-0.25, -0.2) is 4.98 Å². The van der Waals surface area contributed by atoms with Crippen molar-refractivity contribution in [3.63, 3.8) is 0 Å². The van der Waals surface area contributed by atoms with Crippen molar-refractivity contribution in [2.45, 2.75) is 32.0 Å². The maximum atomic E-state index is 12.6. The maximum absolute atomic E-state index is 12.6. The van der Waals surface area contributed by atoms with Crippen LogP contribution in [0, 0.1) is 0 Å². The van der Waals surface area contributed by atoms with E-state index in [0.29, 0.717) is 36.9 Å². The van der Waals surface area contributed by atoms with Gasteiger partial charge < -0.3 is 15.7 Å². The Labute approximate surface area is 183 Å². The Morgan fingerprint density at radius 1 is 1.25 bits per heavy atom. The predicted octanol–water partition coefficient (Wildman–Crippen LogP) is 3.48. The number of aromatic nitrogens is 1. The fourth-order valence-corrected chi connectivity index (χ4v) is 3.14. The summed E-state index contributed by atoms with van der Waals surface area (Å²) in [7, 11) is 0. The van der Waals surface area contributed by atoms with Gasteiger partial charge in [0.05, 0.1) is 17.7 Å². The molecule has 0 aliphatic carbocycles. The summed E-state index contributed by atoms with van der Waals surface area (Å²) in [6, 6.07) is 9.64. The zero-order chi connectivity index (χ0) is 19.7. The Kier molecular flexibility index (Phi) is 10.8. The topological polar surface area (TPSA) is 69.5 Å². The minimum Gasteiger partial charge on any atom is -0.391 e. The van der Waals surface area contributed by atoms with Gasteiger partial charge in [-0.2, -0.15) is 13.2 Å². The Morgan fingerprint density at radius 2 is 1.96 bits per heavy atom. The molecule has 1 atom stereocenters. The molecule has 28 heavy (non-hydrogen) atoms. The van der Waals surface area contributed by atoms with E-state index in [1.165, 1.54) is 0 Å². The predicted molar refractivity (Wildman–Crippen MR) is 116 cm³/mol. The fourth-order valence-electron chi connectivity index (χ4n) is 2.33. The molecule has 10 heteroatoms. The molecule has 2 aromatic rings. The molecular weight excluding hydrogens is 504 g/mol. The SMILES string of the molecule is CCNC(=NCC(O)Cc1ccccc1)NCCc1nc(C(F)(F)F)cs1.I. The molecule has 2 rings (SSSR count). The number of aliphatic imine (C=N–C) groups is 1. The summed E-state index contributed by atoms with van der Waals surface area (Å²) in [4.78, 5) is 7.93. The van der Waals surface area contributed by atoms with E-state index in [0.717, 1.165) is 22.3 Å².